The maximum Gasteiger partial charge on any atom is 0.332 e. The van der Waals surface area contributed by atoms with Gasteiger partial charge in [-0.2, -0.15) is 4.98 Å². The number of benzene rings is 1. The monoisotopic (exact) mass is 447 g/mol. The van der Waals surface area contributed by atoms with Crippen LogP contribution in [-0.2, 0) is 20.1 Å². The summed E-state index contributed by atoms with van der Waals surface area (Å²) in [7, 11) is 1.63. The summed E-state index contributed by atoms with van der Waals surface area (Å²) >= 11 is 3.46. The number of anilines is 2. The Morgan fingerprint density at radius 1 is 1.21 bits per heavy atom. The summed E-state index contributed by atoms with van der Waals surface area (Å²) in [6.07, 6.45) is 0.350. The second-order valence-corrected chi connectivity index (χ2v) is 8.18. The van der Waals surface area contributed by atoms with Crippen molar-refractivity contribution in [2.24, 2.45) is 13.0 Å². The van der Waals surface area contributed by atoms with Crippen molar-refractivity contribution < 1.29 is 5.11 Å². The number of hydrogen-bond donors (Lipinski definition) is 1. The van der Waals surface area contributed by atoms with Crippen LogP contribution in [0.3, 0.4) is 0 Å². The first kappa shape index (κ1) is 18.9. The lowest BCUT2D eigenvalue weighted by molar-refractivity contribution is 0.277. The third kappa shape index (κ3) is 2.98. The quantitative estimate of drug-likeness (QED) is 0.659. The van der Waals surface area contributed by atoms with Gasteiger partial charge in [-0.3, -0.25) is 13.9 Å². The smallest absolute Gasteiger partial charge is 0.332 e. The Hall–Kier alpha value is -2.39. The highest BCUT2D eigenvalue weighted by molar-refractivity contribution is 9.10. The molecule has 3 heterocycles. The average Bonchev–Trinajstić information content (AvgIpc) is 3.06. The van der Waals surface area contributed by atoms with Crippen molar-refractivity contribution in [3.8, 4) is 0 Å². The highest BCUT2D eigenvalue weighted by atomic mass is 79.9. The van der Waals surface area contributed by atoms with Crippen LogP contribution in [0.5, 0.6) is 0 Å². The van der Waals surface area contributed by atoms with E-state index < -0.39 is 5.69 Å². The topological polar surface area (TPSA) is 85.3 Å². The zero-order valence-corrected chi connectivity index (χ0v) is 17.4. The number of imidazole rings is 1. The molecule has 0 radical (unpaired) electrons. The van der Waals surface area contributed by atoms with Crippen LogP contribution in [0.1, 0.15) is 13.3 Å². The predicted octanol–water partition coefficient (Wildman–Crippen LogP) is 1.83. The molecular weight excluding hydrogens is 426 g/mol. The largest absolute Gasteiger partial charge is 0.396 e. The minimum atomic E-state index is -0.412. The van der Waals surface area contributed by atoms with E-state index >= 15 is 0 Å². The fourth-order valence-corrected chi connectivity index (χ4v) is 4.03. The maximum atomic E-state index is 13.1. The molecule has 28 heavy (non-hydrogen) atoms. The Kier molecular flexibility index (Phi) is 4.88. The second-order valence-electron chi connectivity index (χ2n) is 7.26. The summed E-state index contributed by atoms with van der Waals surface area (Å²) in [5, 5.41) is 9.11. The molecule has 1 aliphatic rings. The summed E-state index contributed by atoms with van der Waals surface area (Å²) in [6, 6.07) is 7.95. The highest BCUT2D eigenvalue weighted by Gasteiger charge is 2.29. The minimum absolute atomic E-state index is 0.0769. The Morgan fingerprint density at radius 3 is 2.61 bits per heavy atom. The van der Waals surface area contributed by atoms with Crippen molar-refractivity contribution in [1.82, 2.24) is 18.7 Å². The number of aliphatic hydroxyl groups excluding tert-OH is 1. The van der Waals surface area contributed by atoms with Crippen LogP contribution in [-0.4, -0.2) is 36.9 Å². The van der Waals surface area contributed by atoms with Crippen LogP contribution in [0, 0.1) is 5.92 Å². The molecule has 1 aliphatic heterocycles. The third-order valence-electron chi connectivity index (χ3n) is 5.12. The fraction of sp³-hybridized carbons (Fsp3) is 0.421. The Labute approximate surface area is 169 Å². The first-order valence-electron chi connectivity index (χ1n) is 9.26. The predicted molar refractivity (Wildman–Crippen MR) is 111 cm³/mol. The fourth-order valence-electron chi connectivity index (χ4n) is 3.77. The summed E-state index contributed by atoms with van der Waals surface area (Å²) < 4.78 is 5.52. The number of nitrogens with zero attached hydrogens (tertiary/aromatic N) is 5. The number of rotatable bonds is 4. The van der Waals surface area contributed by atoms with Crippen molar-refractivity contribution in [1.29, 1.82) is 0 Å². The maximum absolute atomic E-state index is 13.1. The van der Waals surface area contributed by atoms with Gasteiger partial charge in [0.2, 0.25) is 5.95 Å². The van der Waals surface area contributed by atoms with Crippen LogP contribution in [0.2, 0.25) is 0 Å². The molecule has 4 rings (SSSR count). The van der Waals surface area contributed by atoms with E-state index in [1.54, 1.807) is 7.05 Å². The first-order chi connectivity index (χ1) is 13.4. The van der Waals surface area contributed by atoms with Crippen LogP contribution in [0.15, 0.2) is 38.3 Å². The van der Waals surface area contributed by atoms with Crippen LogP contribution in [0.25, 0.3) is 11.2 Å². The number of hydrogen-bond acceptors (Lipinski definition) is 5. The molecule has 0 aliphatic carbocycles. The van der Waals surface area contributed by atoms with Crippen LogP contribution < -0.4 is 16.1 Å². The van der Waals surface area contributed by atoms with Crippen LogP contribution >= 0.6 is 15.9 Å². The van der Waals surface area contributed by atoms with Gasteiger partial charge in [0.15, 0.2) is 11.2 Å². The van der Waals surface area contributed by atoms with Gasteiger partial charge in [-0.15, -0.1) is 0 Å². The van der Waals surface area contributed by atoms with Gasteiger partial charge in [0.1, 0.15) is 0 Å². The molecule has 1 aromatic carbocycles. The third-order valence-corrected chi connectivity index (χ3v) is 5.65. The van der Waals surface area contributed by atoms with Crippen molar-refractivity contribution >= 4 is 38.7 Å². The van der Waals surface area contributed by atoms with Crippen molar-refractivity contribution in [3.63, 3.8) is 0 Å². The minimum Gasteiger partial charge on any atom is -0.396 e. The molecule has 0 amide bonds. The van der Waals surface area contributed by atoms with E-state index in [-0.39, 0.29) is 18.7 Å². The lowest BCUT2D eigenvalue weighted by Gasteiger charge is -2.33. The Morgan fingerprint density at radius 2 is 1.93 bits per heavy atom. The van der Waals surface area contributed by atoms with Gasteiger partial charge in [0.05, 0.1) is 0 Å². The molecular formula is C19H22BrN5O3. The van der Waals surface area contributed by atoms with E-state index in [9.17, 15) is 9.59 Å². The number of aliphatic hydroxyl groups is 1. The van der Waals surface area contributed by atoms with Crippen molar-refractivity contribution in [2.45, 2.75) is 26.4 Å². The standard InChI is InChI=1S/C19H22BrN5O3/c1-12-10-24(14-6-4-13(20)5-7-14)18-21-16-15(25(18)11-12)17(27)23(8-3-9-26)19(28)22(16)2/h4-7,12,26H,3,8-11H2,1-2H3/t12-/m1/s1. The molecule has 3 aromatic rings. The summed E-state index contributed by atoms with van der Waals surface area (Å²) in [5.74, 6) is 0.971. The second kappa shape index (κ2) is 7.21. The molecule has 0 bridgehead atoms. The van der Waals surface area contributed by atoms with E-state index in [0.29, 0.717) is 36.0 Å². The lowest BCUT2D eigenvalue weighted by atomic mass is 10.1. The lowest BCUT2D eigenvalue weighted by Crippen LogP contribution is -2.40. The zero-order valence-electron chi connectivity index (χ0n) is 15.8. The molecule has 0 saturated carbocycles. The molecule has 2 aromatic heterocycles. The molecule has 1 atom stereocenters. The number of aryl methyl sites for hydroxylation is 1. The average molecular weight is 448 g/mol. The molecule has 0 saturated heterocycles. The van der Waals surface area contributed by atoms with E-state index in [1.165, 1.54) is 9.13 Å². The van der Waals surface area contributed by atoms with Gasteiger partial charge in [-0.25, -0.2) is 4.79 Å². The van der Waals surface area contributed by atoms with E-state index in [2.05, 4.69) is 32.7 Å². The number of halogens is 1. The Balaban J connectivity index is 1.96. The SMILES string of the molecule is C[C@@H]1CN(c2ccc(Br)cc2)c2nc3c(c(=O)n(CCCO)c(=O)n3C)n2C1. The molecule has 0 unspecified atom stereocenters. The number of aromatic nitrogens is 4. The Bertz CT molecular complexity index is 1150. The highest BCUT2D eigenvalue weighted by Crippen LogP contribution is 2.33. The summed E-state index contributed by atoms with van der Waals surface area (Å²) in [6.45, 7) is 3.67. The zero-order chi connectivity index (χ0) is 20.0. The number of fused-ring (bicyclic) bond motifs is 3. The van der Waals surface area contributed by atoms with Gasteiger partial charge >= 0.3 is 5.69 Å². The molecule has 1 N–H and O–H groups in total. The van der Waals surface area contributed by atoms with Crippen LogP contribution in [0.4, 0.5) is 11.6 Å². The van der Waals surface area contributed by atoms with Gasteiger partial charge in [0.25, 0.3) is 5.56 Å². The summed E-state index contributed by atoms with van der Waals surface area (Å²) in [4.78, 5) is 32.5. The summed E-state index contributed by atoms with van der Waals surface area (Å²) in [5.41, 5.74) is 1.04. The first-order valence-corrected chi connectivity index (χ1v) is 10.1. The molecule has 148 valence electrons. The van der Waals surface area contributed by atoms with E-state index in [4.69, 9.17) is 5.11 Å². The van der Waals surface area contributed by atoms with Crippen molar-refractivity contribution in [2.75, 3.05) is 18.1 Å². The molecule has 9 heteroatoms. The van der Waals surface area contributed by atoms with Gasteiger partial charge in [-0.1, -0.05) is 22.9 Å². The van der Waals surface area contributed by atoms with Gasteiger partial charge < -0.3 is 14.6 Å². The normalized spacial score (nSPS) is 16.6. The van der Waals surface area contributed by atoms with Gasteiger partial charge in [0, 0.05) is 43.4 Å². The molecule has 8 nitrogen and oxygen atoms in total. The van der Waals surface area contributed by atoms with Crippen molar-refractivity contribution in [3.05, 3.63) is 49.6 Å². The van der Waals surface area contributed by atoms with E-state index in [0.717, 1.165) is 16.7 Å². The van der Waals surface area contributed by atoms with E-state index in [1.807, 2.05) is 28.8 Å². The van der Waals surface area contributed by atoms with Gasteiger partial charge in [-0.05, 0) is 36.6 Å². The molecule has 0 fully saturated rings. The molecule has 0 spiro atoms.